The number of amides is 1. The van der Waals surface area contributed by atoms with Gasteiger partial charge in [-0.05, 0) is 48.9 Å². The number of anilines is 1. The Morgan fingerprint density at radius 2 is 1.94 bits per heavy atom. The summed E-state index contributed by atoms with van der Waals surface area (Å²) >= 11 is 1.46. The second-order valence-electron chi connectivity index (χ2n) is 8.42. The summed E-state index contributed by atoms with van der Waals surface area (Å²) in [5.41, 5.74) is 5.82. The smallest absolute Gasteiger partial charge is 0.338 e. The molecule has 0 unspecified atom stereocenters. The number of nitrogens with zero attached hydrogens (tertiary/aromatic N) is 2. The van der Waals surface area contributed by atoms with E-state index in [-0.39, 0.29) is 12.3 Å². The van der Waals surface area contributed by atoms with Gasteiger partial charge in [0, 0.05) is 17.5 Å². The van der Waals surface area contributed by atoms with Crippen LogP contribution in [0.15, 0.2) is 69.8 Å². The molecule has 35 heavy (non-hydrogen) atoms. The van der Waals surface area contributed by atoms with E-state index in [4.69, 9.17) is 14.5 Å². The van der Waals surface area contributed by atoms with Crippen LogP contribution < -0.4 is 10.1 Å². The van der Waals surface area contributed by atoms with Gasteiger partial charge in [-0.2, -0.15) is 0 Å². The minimum absolute atomic E-state index is 0.126. The molecule has 182 valence electrons. The standard InChI is InChI=1S/C27H29N3O4S/c1-6-22-24(26(32)34-5)25(21-11-10-16(2)12-17(21)3)30-19(15-35-27(30)29-22)14-23(31)28-18-8-7-9-20(13-18)33-4/h7-13,15,25H,6,14H2,1-5H3,(H,28,31)/t25-/m1/s1. The summed E-state index contributed by atoms with van der Waals surface area (Å²) in [7, 11) is 2.97. The second kappa shape index (κ2) is 10.4. The van der Waals surface area contributed by atoms with Crippen molar-refractivity contribution in [3.63, 3.8) is 0 Å². The third kappa shape index (κ3) is 4.98. The van der Waals surface area contributed by atoms with Crippen molar-refractivity contribution in [2.24, 2.45) is 4.99 Å². The Morgan fingerprint density at radius 3 is 2.63 bits per heavy atom. The molecule has 0 aliphatic carbocycles. The number of benzene rings is 2. The fourth-order valence-corrected chi connectivity index (χ4v) is 5.35. The van der Waals surface area contributed by atoms with E-state index >= 15 is 0 Å². The number of aliphatic imine (C=N–C) groups is 1. The average Bonchev–Trinajstić information content (AvgIpc) is 3.24. The number of thioether (sulfide) groups is 1. The summed E-state index contributed by atoms with van der Waals surface area (Å²) in [4.78, 5) is 32.8. The summed E-state index contributed by atoms with van der Waals surface area (Å²) in [6, 6.07) is 13.0. The van der Waals surface area contributed by atoms with Crippen LogP contribution in [0, 0.1) is 13.8 Å². The number of ether oxygens (including phenoxy) is 2. The van der Waals surface area contributed by atoms with Gasteiger partial charge >= 0.3 is 5.97 Å². The largest absolute Gasteiger partial charge is 0.497 e. The van der Waals surface area contributed by atoms with Crippen LogP contribution >= 0.6 is 11.8 Å². The molecule has 2 heterocycles. The number of hydrogen-bond acceptors (Lipinski definition) is 7. The fraction of sp³-hybridized carbons (Fsp3) is 0.296. The Morgan fingerprint density at radius 1 is 1.14 bits per heavy atom. The van der Waals surface area contributed by atoms with E-state index in [2.05, 4.69) is 11.4 Å². The molecular weight excluding hydrogens is 462 g/mol. The van der Waals surface area contributed by atoms with Crippen molar-refractivity contribution in [1.82, 2.24) is 4.90 Å². The minimum Gasteiger partial charge on any atom is -0.497 e. The monoisotopic (exact) mass is 491 g/mol. The summed E-state index contributed by atoms with van der Waals surface area (Å²) in [6.07, 6.45) is 0.718. The zero-order valence-corrected chi connectivity index (χ0v) is 21.4. The van der Waals surface area contributed by atoms with E-state index in [9.17, 15) is 9.59 Å². The Hall–Kier alpha value is -3.52. The normalized spacial score (nSPS) is 16.9. The van der Waals surface area contributed by atoms with Crippen LogP contribution in [0.1, 0.15) is 42.5 Å². The lowest BCUT2D eigenvalue weighted by atomic mass is 9.89. The van der Waals surface area contributed by atoms with E-state index in [0.29, 0.717) is 29.1 Å². The van der Waals surface area contributed by atoms with E-state index < -0.39 is 12.0 Å². The highest BCUT2D eigenvalue weighted by Gasteiger charge is 2.42. The quantitative estimate of drug-likeness (QED) is 0.517. The first-order valence-electron chi connectivity index (χ1n) is 11.4. The number of rotatable bonds is 7. The number of amidine groups is 1. The molecule has 1 amide bonds. The Kier molecular flexibility index (Phi) is 7.31. The summed E-state index contributed by atoms with van der Waals surface area (Å²) in [6.45, 7) is 6.06. The fourth-order valence-electron chi connectivity index (χ4n) is 4.41. The number of fused-ring (bicyclic) bond motifs is 1. The number of carbonyl (C=O) groups excluding carboxylic acids is 2. The summed E-state index contributed by atoms with van der Waals surface area (Å²) in [5.74, 6) is 0.0843. The Balaban J connectivity index is 1.70. The van der Waals surface area contributed by atoms with Crippen molar-refractivity contribution in [2.75, 3.05) is 19.5 Å². The molecule has 0 bridgehead atoms. The van der Waals surface area contributed by atoms with E-state index in [1.807, 2.05) is 61.4 Å². The zero-order chi connectivity index (χ0) is 25.1. The minimum atomic E-state index is -0.434. The maximum atomic E-state index is 13.0. The molecule has 7 nitrogen and oxygen atoms in total. The Bertz CT molecular complexity index is 1260. The predicted octanol–water partition coefficient (Wildman–Crippen LogP) is 5.48. The van der Waals surface area contributed by atoms with Crippen LogP contribution in [-0.2, 0) is 14.3 Å². The van der Waals surface area contributed by atoms with Crippen LogP contribution in [-0.4, -0.2) is 36.2 Å². The molecule has 0 fully saturated rings. The molecular formula is C27H29N3O4S. The molecule has 0 saturated heterocycles. The molecule has 2 aliphatic rings. The van der Waals surface area contributed by atoms with Gasteiger partial charge in [0.05, 0.1) is 38.0 Å². The summed E-state index contributed by atoms with van der Waals surface area (Å²) < 4.78 is 10.4. The van der Waals surface area contributed by atoms with Gasteiger partial charge in [-0.3, -0.25) is 4.79 Å². The maximum absolute atomic E-state index is 13.0. The van der Waals surface area contributed by atoms with Crippen LogP contribution in [0.5, 0.6) is 5.75 Å². The number of hydrogen-bond donors (Lipinski definition) is 1. The SMILES string of the molecule is CCC1=C(C(=O)OC)[C@@H](c2ccc(C)cc2C)N2C(CC(=O)Nc3cccc(OC)c3)=CSC2=N1. The number of methoxy groups -OCH3 is 2. The van der Waals surface area contributed by atoms with Gasteiger partial charge in [0.1, 0.15) is 5.75 Å². The molecule has 0 spiro atoms. The average molecular weight is 492 g/mol. The number of carbonyl (C=O) groups is 2. The van der Waals surface area contributed by atoms with Crippen molar-refractivity contribution in [3.8, 4) is 5.75 Å². The van der Waals surface area contributed by atoms with Crippen molar-refractivity contribution < 1.29 is 19.1 Å². The van der Waals surface area contributed by atoms with Gasteiger partial charge in [0.15, 0.2) is 5.17 Å². The topological polar surface area (TPSA) is 80.2 Å². The highest BCUT2D eigenvalue weighted by Crippen LogP contribution is 2.46. The highest BCUT2D eigenvalue weighted by atomic mass is 32.2. The molecule has 2 aromatic rings. The molecule has 2 aromatic carbocycles. The predicted molar refractivity (Wildman–Crippen MR) is 139 cm³/mol. The lowest BCUT2D eigenvalue weighted by Gasteiger charge is -2.37. The highest BCUT2D eigenvalue weighted by molar-refractivity contribution is 8.16. The lowest BCUT2D eigenvalue weighted by molar-refractivity contribution is -0.136. The van der Waals surface area contributed by atoms with Gasteiger partial charge in [0.2, 0.25) is 5.91 Å². The van der Waals surface area contributed by atoms with Crippen LogP contribution in [0.2, 0.25) is 0 Å². The van der Waals surface area contributed by atoms with E-state index in [1.54, 1.807) is 13.2 Å². The van der Waals surface area contributed by atoms with Crippen LogP contribution in [0.25, 0.3) is 0 Å². The third-order valence-electron chi connectivity index (χ3n) is 6.04. The number of nitrogens with one attached hydrogen (secondary N) is 1. The van der Waals surface area contributed by atoms with Crippen molar-refractivity contribution in [2.45, 2.75) is 39.7 Å². The summed E-state index contributed by atoms with van der Waals surface area (Å²) in [5, 5.41) is 5.63. The first-order chi connectivity index (χ1) is 16.9. The van der Waals surface area contributed by atoms with Gasteiger partial charge in [-0.25, -0.2) is 9.79 Å². The molecule has 2 aliphatic heterocycles. The Labute approximate surface area is 209 Å². The second-order valence-corrected chi connectivity index (χ2v) is 9.25. The van der Waals surface area contributed by atoms with Crippen molar-refractivity contribution in [1.29, 1.82) is 0 Å². The first kappa shape index (κ1) is 24.6. The van der Waals surface area contributed by atoms with Crippen molar-refractivity contribution in [3.05, 3.63) is 81.5 Å². The molecule has 8 heteroatoms. The number of esters is 1. The maximum Gasteiger partial charge on any atom is 0.338 e. The first-order valence-corrected chi connectivity index (χ1v) is 12.3. The van der Waals surface area contributed by atoms with Crippen LogP contribution in [0.3, 0.4) is 0 Å². The lowest BCUT2D eigenvalue weighted by Crippen LogP contribution is -2.38. The molecule has 1 N–H and O–H groups in total. The van der Waals surface area contributed by atoms with Gasteiger partial charge < -0.3 is 19.7 Å². The molecule has 0 aromatic heterocycles. The molecule has 1 atom stereocenters. The molecule has 0 radical (unpaired) electrons. The van der Waals surface area contributed by atoms with Gasteiger partial charge in [-0.1, -0.05) is 48.5 Å². The van der Waals surface area contributed by atoms with E-state index in [1.165, 1.54) is 18.9 Å². The van der Waals surface area contributed by atoms with Crippen molar-refractivity contribution >= 4 is 34.5 Å². The van der Waals surface area contributed by atoms with Gasteiger partial charge in [-0.15, -0.1) is 0 Å². The molecule has 4 rings (SSSR count). The number of allylic oxidation sites excluding steroid dienone is 1. The van der Waals surface area contributed by atoms with Gasteiger partial charge in [0.25, 0.3) is 0 Å². The third-order valence-corrected chi connectivity index (χ3v) is 6.93. The van der Waals surface area contributed by atoms with E-state index in [0.717, 1.165) is 27.6 Å². The molecule has 0 saturated carbocycles. The number of aryl methyl sites for hydroxylation is 2. The zero-order valence-electron chi connectivity index (χ0n) is 20.5. The van der Waals surface area contributed by atoms with Crippen LogP contribution in [0.4, 0.5) is 5.69 Å².